The number of ether oxygens (including phenoxy) is 2. The van der Waals surface area contributed by atoms with E-state index in [2.05, 4.69) is 74.6 Å². The van der Waals surface area contributed by atoms with E-state index in [0.717, 1.165) is 18.0 Å². The number of benzene rings is 2. The lowest BCUT2D eigenvalue weighted by molar-refractivity contribution is 0.173. The molecule has 2 aromatic rings. The highest BCUT2D eigenvalue weighted by Gasteiger charge is 2.40. The van der Waals surface area contributed by atoms with Gasteiger partial charge < -0.3 is 14.8 Å². The summed E-state index contributed by atoms with van der Waals surface area (Å²) in [6, 6.07) is 15.5. The first kappa shape index (κ1) is 16.2. The highest BCUT2D eigenvalue weighted by Crippen LogP contribution is 2.52. The number of hydrogen-bond donors (Lipinski definition) is 1. The van der Waals surface area contributed by atoms with Gasteiger partial charge >= 0.3 is 0 Å². The third-order valence-corrected chi connectivity index (χ3v) is 5.31. The van der Waals surface area contributed by atoms with Crippen molar-refractivity contribution in [3.63, 3.8) is 0 Å². The van der Waals surface area contributed by atoms with Gasteiger partial charge in [-0.1, -0.05) is 48.9 Å². The molecule has 1 aliphatic carbocycles. The summed E-state index contributed by atoms with van der Waals surface area (Å²) in [6.07, 6.45) is 2.25. The maximum absolute atomic E-state index is 5.64. The molecule has 0 bridgehead atoms. The summed E-state index contributed by atoms with van der Waals surface area (Å²) in [5, 5.41) is 3.74. The molecule has 25 heavy (non-hydrogen) atoms. The van der Waals surface area contributed by atoms with Gasteiger partial charge in [-0.15, -0.1) is 0 Å². The van der Waals surface area contributed by atoms with Crippen molar-refractivity contribution in [2.75, 3.05) is 13.3 Å². The average Bonchev–Trinajstić information content (AvgIpc) is 3.16. The van der Waals surface area contributed by atoms with Gasteiger partial charge in [0.2, 0.25) is 6.79 Å². The van der Waals surface area contributed by atoms with Gasteiger partial charge in [-0.25, -0.2) is 0 Å². The molecule has 0 spiro atoms. The summed E-state index contributed by atoms with van der Waals surface area (Å²) < 4.78 is 11.3. The first-order valence-electron chi connectivity index (χ1n) is 9.00. The van der Waals surface area contributed by atoms with Crippen LogP contribution in [0.5, 0.6) is 11.5 Å². The zero-order chi connectivity index (χ0) is 17.4. The molecule has 1 N–H and O–H groups in total. The molecule has 0 saturated carbocycles. The van der Waals surface area contributed by atoms with Crippen LogP contribution < -0.4 is 14.8 Å². The minimum atomic E-state index is 0.310. The van der Waals surface area contributed by atoms with Crippen molar-refractivity contribution in [3.05, 3.63) is 70.8 Å². The van der Waals surface area contributed by atoms with Crippen LogP contribution in [0.15, 0.2) is 54.1 Å². The lowest BCUT2D eigenvalue weighted by Gasteiger charge is -2.22. The minimum Gasteiger partial charge on any atom is -0.454 e. The van der Waals surface area contributed by atoms with Crippen LogP contribution >= 0.6 is 0 Å². The summed E-state index contributed by atoms with van der Waals surface area (Å²) in [7, 11) is 0. The van der Waals surface area contributed by atoms with Crippen molar-refractivity contribution < 1.29 is 9.47 Å². The van der Waals surface area contributed by atoms with Crippen molar-refractivity contribution in [1.82, 2.24) is 5.32 Å². The molecule has 0 unspecified atom stereocenters. The molecule has 130 valence electrons. The van der Waals surface area contributed by atoms with Crippen molar-refractivity contribution in [1.29, 1.82) is 0 Å². The highest BCUT2D eigenvalue weighted by atomic mass is 16.7. The summed E-state index contributed by atoms with van der Waals surface area (Å²) in [5.41, 5.74) is 5.40. The fraction of sp³-hybridized carbons (Fsp3) is 0.364. The SMILES string of the molecule is CC(C)=CCN[C@H]1c2cc3c(cc2[C@H](c2ccccc2)[C@H]1C)OCO3. The quantitative estimate of drug-likeness (QED) is 0.815. The van der Waals surface area contributed by atoms with Gasteiger partial charge in [0.1, 0.15) is 0 Å². The standard InChI is InChI=1S/C22H25NO2/c1-14(2)9-10-23-22-15(3)21(16-7-5-4-6-8-16)17-11-19-20(12-18(17)22)25-13-24-19/h4-9,11-12,15,21-23H,10,13H2,1-3H3/t15-,21+,22-/m1/s1. The zero-order valence-corrected chi connectivity index (χ0v) is 15.1. The predicted octanol–water partition coefficient (Wildman–Crippen LogP) is 4.79. The molecule has 2 aliphatic rings. The average molecular weight is 335 g/mol. The molecular weight excluding hydrogens is 310 g/mol. The van der Waals surface area contributed by atoms with E-state index >= 15 is 0 Å². The van der Waals surface area contributed by atoms with E-state index < -0.39 is 0 Å². The molecular formula is C22H25NO2. The smallest absolute Gasteiger partial charge is 0.231 e. The second kappa shape index (κ2) is 6.57. The van der Waals surface area contributed by atoms with Crippen LogP contribution in [0.25, 0.3) is 0 Å². The maximum atomic E-state index is 5.64. The Balaban J connectivity index is 1.75. The van der Waals surface area contributed by atoms with Gasteiger partial charge in [0.25, 0.3) is 0 Å². The molecule has 0 saturated heterocycles. The van der Waals surface area contributed by atoms with Crippen molar-refractivity contribution in [3.8, 4) is 11.5 Å². The minimum absolute atomic E-state index is 0.310. The number of hydrogen-bond acceptors (Lipinski definition) is 3. The Morgan fingerprint density at radius 2 is 1.76 bits per heavy atom. The second-order valence-corrected chi connectivity index (χ2v) is 7.25. The van der Waals surface area contributed by atoms with Crippen LogP contribution in [-0.2, 0) is 0 Å². The molecule has 3 nitrogen and oxygen atoms in total. The topological polar surface area (TPSA) is 30.5 Å². The van der Waals surface area contributed by atoms with Crippen LogP contribution in [0, 0.1) is 5.92 Å². The monoisotopic (exact) mass is 335 g/mol. The van der Waals surface area contributed by atoms with Gasteiger partial charge in [0.05, 0.1) is 0 Å². The first-order valence-corrected chi connectivity index (χ1v) is 9.00. The third kappa shape index (κ3) is 2.93. The Morgan fingerprint density at radius 1 is 1.08 bits per heavy atom. The van der Waals surface area contributed by atoms with Crippen molar-refractivity contribution in [2.45, 2.75) is 32.7 Å². The maximum Gasteiger partial charge on any atom is 0.231 e. The van der Waals surface area contributed by atoms with Crippen molar-refractivity contribution >= 4 is 0 Å². The van der Waals surface area contributed by atoms with Gasteiger partial charge in [-0.05, 0) is 48.6 Å². The Bertz CT molecular complexity index is 793. The van der Waals surface area contributed by atoms with Crippen molar-refractivity contribution in [2.24, 2.45) is 5.92 Å². The molecule has 2 aromatic carbocycles. The Kier molecular flexibility index (Phi) is 4.26. The normalized spacial score (nSPS) is 23.4. The highest BCUT2D eigenvalue weighted by molar-refractivity contribution is 5.55. The van der Waals surface area contributed by atoms with E-state index in [9.17, 15) is 0 Å². The summed E-state index contributed by atoms with van der Waals surface area (Å²) >= 11 is 0. The number of allylic oxidation sites excluding steroid dienone is 1. The Labute approximate surface area is 149 Å². The van der Waals surface area contributed by atoms with E-state index in [1.54, 1.807) is 0 Å². The summed E-state index contributed by atoms with van der Waals surface area (Å²) in [6.45, 7) is 7.81. The molecule has 0 radical (unpaired) electrons. The summed E-state index contributed by atoms with van der Waals surface area (Å²) in [5.74, 6) is 2.57. The Hall–Kier alpha value is -2.26. The van der Waals surface area contributed by atoms with Crippen LogP contribution in [-0.4, -0.2) is 13.3 Å². The molecule has 0 amide bonds. The van der Waals surface area contributed by atoms with Crippen LogP contribution in [0.4, 0.5) is 0 Å². The number of nitrogens with one attached hydrogen (secondary N) is 1. The van der Waals surface area contributed by atoms with E-state index in [1.807, 2.05) is 0 Å². The fourth-order valence-electron chi connectivity index (χ4n) is 4.10. The van der Waals surface area contributed by atoms with E-state index in [0.29, 0.717) is 24.7 Å². The third-order valence-electron chi connectivity index (χ3n) is 5.31. The molecule has 1 heterocycles. The van der Waals surface area contributed by atoms with E-state index in [-0.39, 0.29) is 0 Å². The van der Waals surface area contributed by atoms with Crippen LogP contribution in [0.2, 0.25) is 0 Å². The van der Waals surface area contributed by atoms with Crippen LogP contribution in [0.3, 0.4) is 0 Å². The van der Waals surface area contributed by atoms with Gasteiger partial charge in [0.15, 0.2) is 11.5 Å². The molecule has 4 rings (SSSR count). The fourth-order valence-corrected chi connectivity index (χ4v) is 4.10. The van der Waals surface area contributed by atoms with Crippen LogP contribution in [0.1, 0.15) is 49.4 Å². The van der Waals surface area contributed by atoms with E-state index in [1.165, 1.54) is 22.3 Å². The molecule has 3 heteroatoms. The zero-order valence-electron chi connectivity index (χ0n) is 15.1. The Morgan fingerprint density at radius 3 is 2.44 bits per heavy atom. The lowest BCUT2D eigenvalue weighted by Crippen LogP contribution is -2.25. The predicted molar refractivity (Wildman–Crippen MR) is 100 cm³/mol. The molecule has 1 aliphatic heterocycles. The number of rotatable bonds is 4. The lowest BCUT2D eigenvalue weighted by atomic mass is 9.86. The molecule has 0 aromatic heterocycles. The van der Waals surface area contributed by atoms with E-state index in [4.69, 9.17) is 9.47 Å². The van der Waals surface area contributed by atoms with Gasteiger partial charge in [-0.3, -0.25) is 0 Å². The molecule has 0 fully saturated rings. The number of fused-ring (bicyclic) bond motifs is 2. The first-order chi connectivity index (χ1) is 12.1. The molecule has 3 atom stereocenters. The largest absolute Gasteiger partial charge is 0.454 e. The second-order valence-electron chi connectivity index (χ2n) is 7.25. The van der Waals surface area contributed by atoms with Gasteiger partial charge in [-0.2, -0.15) is 0 Å². The summed E-state index contributed by atoms with van der Waals surface area (Å²) in [4.78, 5) is 0. The van der Waals surface area contributed by atoms with Gasteiger partial charge in [0, 0.05) is 18.5 Å².